The number of methoxy groups -OCH3 is 2. The van der Waals surface area contributed by atoms with Crippen LogP contribution in [0.5, 0.6) is 5.75 Å². The zero-order valence-corrected chi connectivity index (χ0v) is 16.0. The summed E-state index contributed by atoms with van der Waals surface area (Å²) < 4.78 is 10.7. The van der Waals surface area contributed by atoms with Crippen LogP contribution in [-0.4, -0.2) is 43.3 Å². The summed E-state index contributed by atoms with van der Waals surface area (Å²) in [5.41, 5.74) is 3.78. The van der Waals surface area contributed by atoms with Crippen molar-refractivity contribution in [2.45, 2.75) is 31.9 Å². The topological polar surface area (TPSA) is 59.0 Å². The smallest absolute Gasteiger partial charge is 0.335 e. The van der Waals surface area contributed by atoms with Crippen LogP contribution >= 0.6 is 0 Å². The fourth-order valence-corrected chi connectivity index (χ4v) is 3.85. The van der Waals surface area contributed by atoms with E-state index in [-0.39, 0.29) is 0 Å². The SMILES string of the molecule is COCc1cc(CN2CCC[C@H](c3cccc(C(=O)O)c3)C2)ccc1OC. The highest BCUT2D eigenvalue weighted by Crippen LogP contribution is 2.29. The second-order valence-electron chi connectivity index (χ2n) is 7.08. The van der Waals surface area contributed by atoms with E-state index in [1.807, 2.05) is 24.3 Å². The van der Waals surface area contributed by atoms with E-state index in [1.54, 1.807) is 20.3 Å². The number of carboxylic acid groups (broad SMARTS) is 1. The molecule has 0 bridgehead atoms. The van der Waals surface area contributed by atoms with Gasteiger partial charge in [-0.25, -0.2) is 4.79 Å². The summed E-state index contributed by atoms with van der Waals surface area (Å²) in [6.45, 7) is 3.40. The molecule has 3 rings (SSSR count). The van der Waals surface area contributed by atoms with Crippen molar-refractivity contribution < 1.29 is 19.4 Å². The van der Waals surface area contributed by atoms with Gasteiger partial charge in [0.05, 0.1) is 19.3 Å². The van der Waals surface area contributed by atoms with E-state index in [0.717, 1.165) is 49.4 Å². The molecule has 2 aromatic rings. The zero-order chi connectivity index (χ0) is 19.2. The molecule has 144 valence electrons. The molecule has 1 fully saturated rings. The Morgan fingerprint density at radius 1 is 1.22 bits per heavy atom. The summed E-state index contributed by atoms with van der Waals surface area (Å²) in [4.78, 5) is 13.7. The Morgan fingerprint density at radius 2 is 2.07 bits per heavy atom. The van der Waals surface area contributed by atoms with Gasteiger partial charge in [0.1, 0.15) is 5.75 Å². The zero-order valence-electron chi connectivity index (χ0n) is 16.0. The van der Waals surface area contributed by atoms with Crippen LogP contribution in [0.3, 0.4) is 0 Å². The Balaban J connectivity index is 1.71. The summed E-state index contributed by atoms with van der Waals surface area (Å²) in [7, 11) is 3.36. The average molecular weight is 369 g/mol. The minimum atomic E-state index is -0.867. The van der Waals surface area contributed by atoms with Gasteiger partial charge in [-0.05, 0) is 60.7 Å². The first-order valence-corrected chi connectivity index (χ1v) is 9.31. The summed E-state index contributed by atoms with van der Waals surface area (Å²) >= 11 is 0. The molecule has 0 unspecified atom stereocenters. The highest BCUT2D eigenvalue weighted by Gasteiger charge is 2.22. The van der Waals surface area contributed by atoms with Crippen LogP contribution in [0, 0.1) is 0 Å². The fourth-order valence-electron chi connectivity index (χ4n) is 3.85. The Kier molecular flexibility index (Phi) is 6.48. The lowest BCUT2D eigenvalue weighted by molar-refractivity contribution is 0.0696. The van der Waals surface area contributed by atoms with Crippen LogP contribution in [0.2, 0.25) is 0 Å². The van der Waals surface area contributed by atoms with Gasteiger partial charge in [0.25, 0.3) is 0 Å². The summed E-state index contributed by atoms with van der Waals surface area (Å²) in [5, 5.41) is 9.24. The van der Waals surface area contributed by atoms with Gasteiger partial charge in [0.15, 0.2) is 0 Å². The van der Waals surface area contributed by atoms with E-state index in [4.69, 9.17) is 9.47 Å². The van der Waals surface area contributed by atoms with E-state index in [9.17, 15) is 9.90 Å². The second-order valence-corrected chi connectivity index (χ2v) is 7.08. The normalized spacial score (nSPS) is 17.6. The van der Waals surface area contributed by atoms with Crippen molar-refractivity contribution in [3.05, 3.63) is 64.7 Å². The molecule has 27 heavy (non-hydrogen) atoms. The Morgan fingerprint density at radius 3 is 2.81 bits per heavy atom. The standard InChI is InChI=1S/C22H27NO4/c1-26-15-20-11-16(8-9-21(20)27-2)13-23-10-4-7-19(14-23)17-5-3-6-18(12-17)22(24)25/h3,5-6,8-9,11-12,19H,4,7,10,13-15H2,1-2H3,(H,24,25)/t19-/m0/s1. The molecule has 0 saturated carbocycles. The summed E-state index contributed by atoms with van der Waals surface area (Å²) in [5.74, 6) is 0.353. The molecule has 1 saturated heterocycles. The fraction of sp³-hybridized carbons (Fsp3) is 0.409. The van der Waals surface area contributed by atoms with Crippen molar-refractivity contribution in [1.29, 1.82) is 0 Å². The van der Waals surface area contributed by atoms with E-state index in [1.165, 1.54) is 5.56 Å². The van der Waals surface area contributed by atoms with E-state index in [2.05, 4.69) is 17.0 Å². The maximum Gasteiger partial charge on any atom is 0.335 e. The third-order valence-corrected chi connectivity index (χ3v) is 5.16. The number of likely N-dealkylation sites (tertiary alicyclic amines) is 1. The molecule has 0 aliphatic carbocycles. The molecule has 0 aromatic heterocycles. The molecule has 0 radical (unpaired) electrons. The summed E-state index contributed by atoms with van der Waals surface area (Å²) in [6.07, 6.45) is 2.21. The lowest BCUT2D eigenvalue weighted by atomic mass is 9.89. The van der Waals surface area contributed by atoms with E-state index < -0.39 is 5.97 Å². The van der Waals surface area contributed by atoms with Gasteiger partial charge in [-0.15, -0.1) is 0 Å². The molecular weight excluding hydrogens is 342 g/mol. The molecule has 1 N–H and O–H groups in total. The number of aromatic carboxylic acids is 1. The first kappa shape index (κ1) is 19.4. The number of piperidine rings is 1. The van der Waals surface area contributed by atoms with Crippen molar-refractivity contribution in [1.82, 2.24) is 4.90 Å². The first-order chi connectivity index (χ1) is 13.1. The molecule has 5 heteroatoms. The largest absolute Gasteiger partial charge is 0.496 e. The summed E-state index contributed by atoms with van der Waals surface area (Å²) in [6, 6.07) is 13.6. The Labute approximate surface area is 160 Å². The van der Waals surface area contributed by atoms with Gasteiger partial charge in [-0.2, -0.15) is 0 Å². The number of carboxylic acids is 1. The van der Waals surface area contributed by atoms with Crippen molar-refractivity contribution in [3.8, 4) is 5.75 Å². The molecule has 1 aliphatic heterocycles. The van der Waals surface area contributed by atoms with Crippen LogP contribution in [-0.2, 0) is 17.9 Å². The van der Waals surface area contributed by atoms with Gasteiger partial charge in [-0.1, -0.05) is 18.2 Å². The molecule has 2 aromatic carbocycles. The Hall–Kier alpha value is -2.37. The number of benzene rings is 2. The predicted octanol–water partition coefficient (Wildman–Crippen LogP) is 3.92. The number of rotatable bonds is 7. The highest BCUT2D eigenvalue weighted by atomic mass is 16.5. The van der Waals surface area contributed by atoms with E-state index in [0.29, 0.717) is 18.1 Å². The molecule has 1 heterocycles. The van der Waals surface area contributed by atoms with Gasteiger partial charge >= 0.3 is 5.97 Å². The predicted molar refractivity (Wildman–Crippen MR) is 104 cm³/mol. The third-order valence-electron chi connectivity index (χ3n) is 5.16. The van der Waals surface area contributed by atoms with Crippen LogP contribution < -0.4 is 4.74 Å². The van der Waals surface area contributed by atoms with Gasteiger partial charge in [0, 0.05) is 25.8 Å². The van der Waals surface area contributed by atoms with Crippen LogP contribution in [0.15, 0.2) is 42.5 Å². The molecule has 5 nitrogen and oxygen atoms in total. The molecule has 1 aliphatic rings. The number of hydrogen-bond acceptors (Lipinski definition) is 4. The first-order valence-electron chi connectivity index (χ1n) is 9.31. The van der Waals surface area contributed by atoms with Crippen LogP contribution in [0.25, 0.3) is 0 Å². The number of hydrogen-bond donors (Lipinski definition) is 1. The van der Waals surface area contributed by atoms with Crippen molar-refractivity contribution in [2.24, 2.45) is 0 Å². The van der Waals surface area contributed by atoms with Crippen molar-refractivity contribution in [2.75, 3.05) is 27.3 Å². The molecule has 1 atom stereocenters. The number of nitrogens with zero attached hydrogens (tertiary/aromatic N) is 1. The van der Waals surface area contributed by atoms with Crippen LogP contribution in [0.4, 0.5) is 0 Å². The van der Waals surface area contributed by atoms with Crippen molar-refractivity contribution >= 4 is 5.97 Å². The maximum absolute atomic E-state index is 11.2. The minimum absolute atomic E-state index is 0.365. The third kappa shape index (κ3) is 4.87. The molecule has 0 amide bonds. The monoisotopic (exact) mass is 369 g/mol. The molecular formula is C22H27NO4. The number of ether oxygens (including phenoxy) is 2. The average Bonchev–Trinajstić information content (AvgIpc) is 2.69. The molecule has 0 spiro atoms. The lowest BCUT2D eigenvalue weighted by Crippen LogP contribution is -2.34. The van der Waals surface area contributed by atoms with Crippen molar-refractivity contribution in [3.63, 3.8) is 0 Å². The number of carbonyl (C=O) groups is 1. The van der Waals surface area contributed by atoms with Gasteiger partial charge in [-0.3, -0.25) is 4.90 Å². The van der Waals surface area contributed by atoms with Gasteiger partial charge < -0.3 is 14.6 Å². The van der Waals surface area contributed by atoms with Crippen LogP contribution in [0.1, 0.15) is 45.8 Å². The minimum Gasteiger partial charge on any atom is -0.496 e. The Bertz CT molecular complexity index is 790. The second kappa shape index (κ2) is 9.02. The maximum atomic E-state index is 11.2. The van der Waals surface area contributed by atoms with E-state index >= 15 is 0 Å². The van der Waals surface area contributed by atoms with Gasteiger partial charge in [0.2, 0.25) is 0 Å². The lowest BCUT2D eigenvalue weighted by Gasteiger charge is -2.33. The highest BCUT2D eigenvalue weighted by molar-refractivity contribution is 5.87. The quantitative estimate of drug-likeness (QED) is 0.802.